The molecule has 2 rings (SSSR count). The molecule has 2 heterocycles. The van der Waals surface area contributed by atoms with Crippen LogP contribution in [-0.4, -0.2) is 41.0 Å². The van der Waals surface area contributed by atoms with Gasteiger partial charge in [0.05, 0.1) is 6.61 Å². The van der Waals surface area contributed by atoms with Crippen molar-refractivity contribution in [1.29, 1.82) is 0 Å². The summed E-state index contributed by atoms with van der Waals surface area (Å²) < 4.78 is 4.89. The number of nitrogens with zero attached hydrogens (tertiary/aromatic N) is 2. The Morgan fingerprint density at radius 3 is 2.90 bits per heavy atom. The normalized spacial score (nSPS) is 22.6. The van der Waals surface area contributed by atoms with E-state index in [4.69, 9.17) is 4.74 Å². The number of piperidine rings is 1. The van der Waals surface area contributed by atoms with Crippen LogP contribution < -0.4 is 0 Å². The largest absolute Gasteiger partial charge is 0.461 e. The highest BCUT2D eigenvalue weighted by Gasteiger charge is 2.29. The van der Waals surface area contributed by atoms with Gasteiger partial charge in [0.2, 0.25) is 5.01 Å². The third-order valence-electron chi connectivity index (χ3n) is 3.57. The highest BCUT2D eigenvalue weighted by molar-refractivity contribution is 7.11. The van der Waals surface area contributed by atoms with Gasteiger partial charge in [-0.25, -0.2) is 9.78 Å². The molecule has 6 heteroatoms. The molecule has 0 spiro atoms. The third kappa shape index (κ3) is 3.17. The highest BCUT2D eigenvalue weighted by atomic mass is 32.1. The summed E-state index contributed by atoms with van der Waals surface area (Å²) >= 11 is 1.16. The van der Waals surface area contributed by atoms with E-state index in [2.05, 4.69) is 18.8 Å². The topological polar surface area (TPSA) is 59.5 Å². The van der Waals surface area contributed by atoms with Gasteiger partial charge in [0.15, 0.2) is 0 Å². The van der Waals surface area contributed by atoms with E-state index in [9.17, 15) is 9.59 Å². The van der Waals surface area contributed by atoms with Gasteiger partial charge in [0.1, 0.15) is 5.69 Å². The Balaban J connectivity index is 2.08. The number of carbonyl (C=O) groups excluding carboxylic acids is 2. The van der Waals surface area contributed by atoms with Crippen molar-refractivity contribution in [2.75, 3.05) is 13.2 Å². The van der Waals surface area contributed by atoms with E-state index in [1.54, 1.807) is 12.3 Å². The summed E-state index contributed by atoms with van der Waals surface area (Å²) in [4.78, 5) is 30.0. The van der Waals surface area contributed by atoms with Crippen molar-refractivity contribution in [1.82, 2.24) is 9.88 Å². The van der Waals surface area contributed by atoms with Crippen molar-refractivity contribution in [2.24, 2.45) is 5.92 Å². The second-order valence-electron chi connectivity index (χ2n) is 5.24. The Bertz CT molecular complexity index is 500. The molecule has 1 aliphatic heterocycles. The molecule has 0 bridgehead atoms. The number of hydrogen-bond acceptors (Lipinski definition) is 5. The van der Waals surface area contributed by atoms with Gasteiger partial charge < -0.3 is 9.64 Å². The SMILES string of the molecule is CCOC(=O)c1nc(C(=O)N2CCC(C)CC2C)cs1. The molecule has 2 unspecified atom stereocenters. The number of hydrogen-bond donors (Lipinski definition) is 0. The number of thiazole rings is 1. The lowest BCUT2D eigenvalue weighted by Crippen LogP contribution is -2.44. The summed E-state index contributed by atoms with van der Waals surface area (Å²) in [6.07, 6.45) is 2.03. The maximum Gasteiger partial charge on any atom is 0.367 e. The zero-order chi connectivity index (χ0) is 14.7. The molecule has 1 aromatic rings. The third-order valence-corrected chi connectivity index (χ3v) is 4.39. The number of esters is 1. The van der Waals surface area contributed by atoms with E-state index < -0.39 is 5.97 Å². The van der Waals surface area contributed by atoms with Crippen LogP contribution >= 0.6 is 11.3 Å². The van der Waals surface area contributed by atoms with Gasteiger partial charge in [-0.1, -0.05) is 6.92 Å². The van der Waals surface area contributed by atoms with Crippen LogP contribution in [0, 0.1) is 5.92 Å². The molecule has 1 saturated heterocycles. The van der Waals surface area contributed by atoms with Crippen molar-refractivity contribution < 1.29 is 14.3 Å². The summed E-state index contributed by atoms with van der Waals surface area (Å²) in [6, 6.07) is 0.221. The lowest BCUT2D eigenvalue weighted by atomic mass is 9.93. The van der Waals surface area contributed by atoms with Crippen molar-refractivity contribution >= 4 is 23.2 Å². The van der Waals surface area contributed by atoms with Crippen molar-refractivity contribution in [3.8, 4) is 0 Å². The molecule has 0 saturated carbocycles. The first-order chi connectivity index (χ1) is 9.52. The Labute approximate surface area is 122 Å². The Hall–Kier alpha value is -1.43. The van der Waals surface area contributed by atoms with E-state index in [1.807, 2.05) is 4.90 Å². The molecule has 2 atom stereocenters. The first-order valence-corrected chi connectivity index (χ1v) is 7.84. The molecule has 1 aliphatic rings. The van der Waals surface area contributed by atoms with Crippen molar-refractivity contribution in [3.63, 3.8) is 0 Å². The Kier molecular flexibility index (Phi) is 4.75. The molecule has 1 amide bonds. The van der Waals surface area contributed by atoms with Gasteiger partial charge in [-0.05, 0) is 32.6 Å². The van der Waals surface area contributed by atoms with Gasteiger partial charge in [-0.15, -0.1) is 11.3 Å². The molecular weight excluding hydrogens is 276 g/mol. The van der Waals surface area contributed by atoms with E-state index in [0.29, 0.717) is 18.2 Å². The first kappa shape index (κ1) is 15.0. The van der Waals surface area contributed by atoms with Gasteiger partial charge >= 0.3 is 5.97 Å². The van der Waals surface area contributed by atoms with E-state index in [-0.39, 0.29) is 17.0 Å². The average molecular weight is 296 g/mol. The minimum Gasteiger partial charge on any atom is -0.461 e. The Morgan fingerprint density at radius 2 is 2.25 bits per heavy atom. The predicted octanol–water partition coefficient (Wildman–Crippen LogP) is 2.58. The number of ether oxygens (including phenoxy) is 1. The fourth-order valence-corrected chi connectivity index (χ4v) is 3.20. The fraction of sp³-hybridized carbons (Fsp3) is 0.643. The van der Waals surface area contributed by atoms with Crippen LogP contribution in [0.15, 0.2) is 5.38 Å². The minimum atomic E-state index is -0.461. The van der Waals surface area contributed by atoms with E-state index in [0.717, 1.165) is 30.7 Å². The summed E-state index contributed by atoms with van der Waals surface area (Å²) in [5.41, 5.74) is 0.347. The molecule has 0 N–H and O–H groups in total. The van der Waals surface area contributed by atoms with Gasteiger partial charge in [-0.3, -0.25) is 4.79 Å². The molecule has 0 aliphatic carbocycles. The lowest BCUT2D eigenvalue weighted by Gasteiger charge is -2.36. The number of carbonyl (C=O) groups is 2. The molecule has 1 aromatic heterocycles. The van der Waals surface area contributed by atoms with Crippen molar-refractivity contribution in [2.45, 2.75) is 39.7 Å². The summed E-state index contributed by atoms with van der Waals surface area (Å²) in [6.45, 7) is 7.08. The van der Waals surface area contributed by atoms with E-state index >= 15 is 0 Å². The molecule has 5 nitrogen and oxygen atoms in total. The van der Waals surface area contributed by atoms with Crippen molar-refractivity contribution in [3.05, 3.63) is 16.1 Å². The van der Waals surface area contributed by atoms with Gasteiger partial charge in [0.25, 0.3) is 5.91 Å². The zero-order valence-corrected chi connectivity index (χ0v) is 12.9. The maximum absolute atomic E-state index is 12.4. The second kappa shape index (κ2) is 6.35. The number of aromatic nitrogens is 1. The van der Waals surface area contributed by atoms with Crippen LogP contribution in [-0.2, 0) is 4.74 Å². The average Bonchev–Trinajstić information content (AvgIpc) is 2.88. The molecule has 0 aromatic carbocycles. The summed E-state index contributed by atoms with van der Waals surface area (Å²) in [5, 5.41) is 1.88. The Morgan fingerprint density at radius 1 is 1.50 bits per heavy atom. The predicted molar refractivity (Wildman–Crippen MR) is 77.0 cm³/mol. The molecule has 110 valence electrons. The van der Waals surface area contributed by atoms with Gasteiger partial charge in [0, 0.05) is 18.0 Å². The van der Waals surface area contributed by atoms with Crippen LogP contribution in [0.3, 0.4) is 0 Å². The number of likely N-dealkylation sites (tertiary alicyclic amines) is 1. The summed E-state index contributed by atoms with van der Waals surface area (Å²) in [7, 11) is 0. The maximum atomic E-state index is 12.4. The lowest BCUT2D eigenvalue weighted by molar-refractivity contribution is 0.0525. The molecular formula is C14H20N2O3S. The number of rotatable bonds is 3. The van der Waals surface area contributed by atoms with Crippen LogP contribution in [0.4, 0.5) is 0 Å². The van der Waals surface area contributed by atoms with Crippen LogP contribution in [0.2, 0.25) is 0 Å². The summed E-state index contributed by atoms with van der Waals surface area (Å²) in [5.74, 6) is 0.104. The minimum absolute atomic E-state index is 0.0869. The fourth-order valence-electron chi connectivity index (χ4n) is 2.51. The second-order valence-corrected chi connectivity index (χ2v) is 6.09. The highest BCUT2D eigenvalue weighted by Crippen LogP contribution is 2.24. The van der Waals surface area contributed by atoms with Gasteiger partial charge in [-0.2, -0.15) is 0 Å². The quantitative estimate of drug-likeness (QED) is 0.804. The zero-order valence-electron chi connectivity index (χ0n) is 12.1. The smallest absolute Gasteiger partial charge is 0.367 e. The van der Waals surface area contributed by atoms with E-state index in [1.165, 1.54) is 0 Å². The number of amides is 1. The standard InChI is InChI=1S/C14H20N2O3S/c1-4-19-14(18)12-15-11(8-20-12)13(17)16-6-5-9(2)7-10(16)3/h8-10H,4-7H2,1-3H3. The monoisotopic (exact) mass is 296 g/mol. The molecule has 20 heavy (non-hydrogen) atoms. The first-order valence-electron chi connectivity index (χ1n) is 6.96. The van der Waals surface area contributed by atoms with Crippen LogP contribution in [0.5, 0.6) is 0 Å². The van der Waals surface area contributed by atoms with Crippen LogP contribution in [0.1, 0.15) is 53.9 Å². The molecule has 0 radical (unpaired) electrons. The molecule has 1 fully saturated rings. The van der Waals surface area contributed by atoms with Crippen LogP contribution in [0.25, 0.3) is 0 Å².